The molecule has 2 N–H and O–H groups in total. The lowest BCUT2D eigenvalue weighted by Crippen LogP contribution is -2.45. The first-order valence-electron chi connectivity index (χ1n) is 13.3. The molecule has 1 unspecified atom stereocenters. The zero-order valence-electron chi connectivity index (χ0n) is 23.4. The van der Waals surface area contributed by atoms with Crippen LogP contribution in [0.2, 0.25) is 0 Å². The Balaban J connectivity index is 1.79. The second-order valence-electron chi connectivity index (χ2n) is 11.1. The average molecular weight is 653 g/mol. The van der Waals surface area contributed by atoms with Gasteiger partial charge in [0.05, 0.1) is 36.2 Å². The van der Waals surface area contributed by atoms with Crippen LogP contribution in [0.25, 0.3) is 21.3 Å². The van der Waals surface area contributed by atoms with Crippen molar-refractivity contribution in [3.8, 4) is 21.3 Å². The molecule has 3 aromatic rings. The molecule has 0 bridgehead atoms. The predicted molar refractivity (Wildman–Crippen MR) is 149 cm³/mol. The third-order valence-corrected chi connectivity index (χ3v) is 10.1. The van der Waals surface area contributed by atoms with Gasteiger partial charge in [0.25, 0.3) is 12.3 Å². The maximum Gasteiger partial charge on any atom is 0.404 e. The summed E-state index contributed by atoms with van der Waals surface area (Å²) in [7, 11) is -4.19. The SMILES string of the molecule is C=S(=O)(N[C@H](CC)C(F)(F)F)c1ccc(-c2sc(-c3nnc(CC(C)(C)C(=O)O)o3)nc2CC2CCC2)c(C(F)F)c1F. The van der Waals surface area contributed by atoms with Gasteiger partial charge in [-0.1, -0.05) is 32.3 Å². The third-order valence-electron chi connectivity index (χ3n) is 7.32. The first kappa shape index (κ1) is 32.9. The molecular weight excluding hydrogens is 622 g/mol. The molecule has 8 nitrogen and oxygen atoms in total. The first-order chi connectivity index (χ1) is 19.9. The summed E-state index contributed by atoms with van der Waals surface area (Å²) in [5, 5.41) is 17.4. The molecule has 0 aliphatic heterocycles. The Morgan fingerprint density at radius 2 is 1.93 bits per heavy atom. The Morgan fingerprint density at radius 3 is 2.47 bits per heavy atom. The molecule has 4 rings (SSSR count). The lowest BCUT2D eigenvalue weighted by atomic mass is 9.81. The van der Waals surface area contributed by atoms with Gasteiger partial charge >= 0.3 is 12.1 Å². The van der Waals surface area contributed by atoms with Crippen LogP contribution in [-0.4, -0.2) is 48.6 Å². The summed E-state index contributed by atoms with van der Waals surface area (Å²) in [5.74, 6) is 0.655. The van der Waals surface area contributed by atoms with Crippen molar-refractivity contribution < 1.29 is 44.9 Å². The molecule has 0 spiro atoms. The molecule has 2 heterocycles. The van der Waals surface area contributed by atoms with Gasteiger partial charge in [-0.15, -0.1) is 21.5 Å². The van der Waals surface area contributed by atoms with Crippen LogP contribution in [0.15, 0.2) is 21.4 Å². The molecule has 1 aliphatic carbocycles. The maximum atomic E-state index is 15.7. The van der Waals surface area contributed by atoms with Gasteiger partial charge in [0.15, 0.2) is 5.01 Å². The Labute approximate surface area is 248 Å². The molecule has 43 heavy (non-hydrogen) atoms. The fourth-order valence-electron chi connectivity index (χ4n) is 4.54. The average Bonchev–Trinajstić information content (AvgIpc) is 3.50. The fraction of sp³-hybridized carbons (Fsp3) is 0.519. The number of hydrogen-bond donors (Lipinski definition) is 2. The monoisotopic (exact) mass is 652 g/mol. The minimum Gasteiger partial charge on any atom is -0.481 e. The van der Waals surface area contributed by atoms with Gasteiger partial charge < -0.3 is 9.52 Å². The van der Waals surface area contributed by atoms with Gasteiger partial charge in [-0.3, -0.25) is 4.79 Å². The van der Waals surface area contributed by atoms with Crippen molar-refractivity contribution in [3.05, 3.63) is 35.1 Å². The quantitative estimate of drug-likeness (QED) is 0.162. The topological polar surface area (TPSA) is 118 Å². The van der Waals surface area contributed by atoms with Crippen LogP contribution >= 0.6 is 11.3 Å². The van der Waals surface area contributed by atoms with Crippen molar-refractivity contribution in [2.75, 3.05) is 0 Å². The van der Waals surface area contributed by atoms with E-state index in [0.717, 1.165) is 42.7 Å². The van der Waals surface area contributed by atoms with Crippen LogP contribution < -0.4 is 4.72 Å². The zero-order valence-corrected chi connectivity index (χ0v) is 25.1. The number of rotatable bonds is 12. The Kier molecular flexibility index (Phi) is 9.33. The van der Waals surface area contributed by atoms with E-state index >= 15 is 4.39 Å². The van der Waals surface area contributed by atoms with Gasteiger partial charge in [0, 0.05) is 12.0 Å². The Bertz CT molecular complexity index is 1600. The zero-order chi connectivity index (χ0) is 31.9. The minimum atomic E-state index is -4.83. The number of carboxylic acid groups (broad SMARTS) is 1. The summed E-state index contributed by atoms with van der Waals surface area (Å²) in [6.07, 6.45) is -5.77. The lowest BCUT2D eigenvalue weighted by Gasteiger charge is -2.25. The van der Waals surface area contributed by atoms with Gasteiger partial charge in [0.2, 0.25) is 5.89 Å². The minimum absolute atomic E-state index is 0.0188. The highest BCUT2D eigenvalue weighted by Gasteiger charge is 2.40. The maximum absolute atomic E-state index is 15.7. The highest BCUT2D eigenvalue weighted by Crippen LogP contribution is 2.44. The largest absolute Gasteiger partial charge is 0.481 e. The fourth-order valence-corrected chi connectivity index (χ4v) is 7.17. The number of alkyl halides is 5. The number of thiazole rings is 1. The second-order valence-corrected chi connectivity index (χ2v) is 14.1. The van der Waals surface area contributed by atoms with E-state index in [9.17, 15) is 36.1 Å². The molecule has 236 valence electrons. The van der Waals surface area contributed by atoms with Gasteiger partial charge in [-0.05, 0) is 44.5 Å². The van der Waals surface area contributed by atoms with E-state index in [-0.39, 0.29) is 39.6 Å². The molecule has 16 heteroatoms. The van der Waals surface area contributed by atoms with Crippen molar-refractivity contribution in [1.82, 2.24) is 19.9 Å². The summed E-state index contributed by atoms with van der Waals surface area (Å²) in [6.45, 7) is 4.13. The van der Waals surface area contributed by atoms with Crippen LogP contribution in [0.1, 0.15) is 70.0 Å². The van der Waals surface area contributed by atoms with Crippen LogP contribution in [0, 0.1) is 17.2 Å². The summed E-state index contributed by atoms with van der Waals surface area (Å²) in [5.41, 5.74) is -2.26. The number of nitrogens with zero attached hydrogens (tertiary/aromatic N) is 3. The first-order valence-corrected chi connectivity index (χ1v) is 15.9. The van der Waals surface area contributed by atoms with Crippen molar-refractivity contribution in [2.45, 2.75) is 82.8 Å². The Hall–Kier alpha value is -2.98. The molecule has 2 atom stereocenters. The van der Waals surface area contributed by atoms with Crippen molar-refractivity contribution in [1.29, 1.82) is 0 Å². The van der Waals surface area contributed by atoms with Crippen molar-refractivity contribution >= 4 is 32.9 Å². The van der Waals surface area contributed by atoms with E-state index in [4.69, 9.17) is 4.42 Å². The van der Waals surface area contributed by atoms with Crippen LogP contribution in [-0.2, 0) is 27.3 Å². The molecule has 1 aromatic carbocycles. The molecule has 0 amide bonds. The van der Waals surface area contributed by atoms with E-state index < -0.39 is 62.4 Å². The van der Waals surface area contributed by atoms with Crippen molar-refractivity contribution in [3.63, 3.8) is 0 Å². The van der Waals surface area contributed by atoms with E-state index in [1.807, 2.05) is 0 Å². The van der Waals surface area contributed by atoms with E-state index in [1.165, 1.54) is 20.8 Å². The number of aliphatic carboxylic acids is 1. The van der Waals surface area contributed by atoms with Crippen LogP contribution in [0.5, 0.6) is 0 Å². The summed E-state index contributed by atoms with van der Waals surface area (Å²) < 4.78 is 105. The number of hydrogen-bond acceptors (Lipinski definition) is 7. The van der Waals surface area contributed by atoms with Crippen LogP contribution in [0.4, 0.5) is 26.3 Å². The third kappa shape index (κ3) is 7.06. The van der Waals surface area contributed by atoms with Crippen molar-refractivity contribution in [2.24, 2.45) is 11.3 Å². The standard InChI is InChI=1S/C27H30F6N4O4S2/c1-5-17(27(31,32)33)37-43(4,40)16-10-9-14(19(20(16)28)22(29)30)21-15(11-13-7-6-8-13)34-24(42-21)23-36-35-18(41-23)12-26(2,3)25(38)39/h9-10,13,17,22H,4-8,11-12H2,1-3H3,(H,37,40)(H,38,39)/t17-,43?/m1/s1. The number of nitrogens with one attached hydrogen (secondary N) is 1. The van der Waals surface area contributed by atoms with Gasteiger partial charge in [0.1, 0.15) is 11.9 Å². The highest BCUT2D eigenvalue weighted by atomic mass is 32.2. The molecule has 1 fully saturated rings. The summed E-state index contributed by atoms with van der Waals surface area (Å²) >= 11 is 0.876. The smallest absolute Gasteiger partial charge is 0.404 e. The molecule has 0 saturated heterocycles. The number of carbonyl (C=O) groups is 1. The lowest BCUT2D eigenvalue weighted by molar-refractivity contribution is -0.151. The number of carboxylic acids is 1. The number of benzene rings is 1. The van der Waals surface area contributed by atoms with E-state index in [0.29, 0.717) is 12.1 Å². The molecule has 2 aromatic heterocycles. The normalized spacial score (nSPS) is 16.7. The number of aromatic nitrogens is 3. The summed E-state index contributed by atoms with van der Waals surface area (Å²) in [4.78, 5) is 15.3. The van der Waals surface area contributed by atoms with Gasteiger partial charge in [-0.25, -0.2) is 27.1 Å². The highest BCUT2D eigenvalue weighted by molar-refractivity contribution is 7.98. The molecule has 1 aliphatic rings. The molecule has 1 saturated carbocycles. The second kappa shape index (κ2) is 12.2. The predicted octanol–water partition coefficient (Wildman–Crippen LogP) is 6.85. The molecule has 0 radical (unpaired) electrons. The van der Waals surface area contributed by atoms with Crippen LogP contribution in [0.3, 0.4) is 0 Å². The Morgan fingerprint density at radius 1 is 1.26 bits per heavy atom. The van der Waals surface area contributed by atoms with E-state index in [1.54, 1.807) is 4.72 Å². The number of halogens is 6. The summed E-state index contributed by atoms with van der Waals surface area (Å²) in [6, 6.07) is -0.324. The van der Waals surface area contributed by atoms with Gasteiger partial charge in [-0.2, -0.15) is 13.2 Å². The molecular formula is C27H30F6N4O4S2. The van der Waals surface area contributed by atoms with E-state index in [2.05, 4.69) is 21.1 Å².